The molecule has 25 heavy (non-hydrogen) atoms. The summed E-state index contributed by atoms with van der Waals surface area (Å²) in [5.41, 5.74) is 2.32. The Morgan fingerprint density at radius 2 is 1.96 bits per heavy atom. The highest BCUT2D eigenvalue weighted by molar-refractivity contribution is 5.76. The minimum Gasteiger partial charge on any atom is -0.339 e. The van der Waals surface area contributed by atoms with Crippen LogP contribution in [0.5, 0.6) is 0 Å². The van der Waals surface area contributed by atoms with E-state index >= 15 is 0 Å². The van der Waals surface area contributed by atoms with Gasteiger partial charge >= 0.3 is 0 Å². The molecule has 3 saturated heterocycles. The summed E-state index contributed by atoms with van der Waals surface area (Å²) in [6, 6.07) is 13.1. The van der Waals surface area contributed by atoms with Gasteiger partial charge in [-0.3, -0.25) is 14.4 Å². The van der Waals surface area contributed by atoms with Gasteiger partial charge in [-0.05, 0) is 37.3 Å². The molecule has 4 heterocycles. The molecule has 5 nitrogen and oxygen atoms in total. The maximum atomic E-state index is 12.8. The molecule has 0 spiro atoms. The summed E-state index contributed by atoms with van der Waals surface area (Å²) in [7, 11) is 0. The lowest BCUT2D eigenvalue weighted by Gasteiger charge is -2.36. The smallest absolute Gasteiger partial charge is 0.244 e. The molecule has 132 valence electrons. The van der Waals surface area contributed by atoms with E-state index in [-0.39, 0.29) is 5.91 Å². The number of hydrogen-bond donors (Lipinski definition) is 0. The average molecular weight is 338 g/mol. The standard InChI is InChI=1S/C20H26N4O/c1-16-9-10-24(21-16)15-20(25)23-13-18-7-8-19(14-23)22(12-18)11-17-5-3-2-4-6-17/h2-6,9-10,18-19H,7-8,11-15H2,1H3/t18-,19-/m0/s1. The van der Waals surface area contributed by atoms with E-state index in [1.807, 2.05) is 19.2 Å². The number of fused-ring (bicyclic) bond motifs is 4. The van der Waals surface area contributed by atoms with Crippen molar-refractivity contribution < 1.29 is 4.79 Å². The van der Waals surface area contributed by atoms with Crippen LogP contribution in [0.3, 0.4) is 0 Å². The van der Waals surface area contributed by atoms with Crippen LogP contribution in [0.1, 0.15) is 24.1 Å². The van der Waals surface area contributed by atoms with E-state index in [9.17, 15) is 4.79 Å². The van der Waals surface area contributed by atoms with Gasteiger partial charge in [-0.1, -0.05) is 30.3 Å². The third-order valence-electron chi connectivity index (χ3n) is 5.48. The zero-order valence-corrected chi connectivity index (χ0v) is 14.8. The van der Waals surface area contributed by atoms with Crippen LogP contribution in [-0.4, -0.2) is 51.2 Å². The maximum absolute atomic E-state index is 12.8. The summed E-state index contributed by atoms with van der Waals surface area (Å²) < 4.78 is 1.76. The Hall–Kier alpha value is -2.14. The Kier molecular flexibility index (Phi) is 4.57. The van der Waals surface area contributed by atoms with E-state index in [0.717, 1.165) is 31.9 Å². The van der Waals surface area contributed by atoms with Gasteiger partial charge in [0.2, 0.25) is 5.91 Å². The SMILES string of the molecule is Cc1ccn(CC(=O)N2C[C@H]3CC[C@@H](C2)N(Cc2ccccc2)C3)n1. The van der Waals surface area contributed by atoms with Crippen LogP contribution in [0.25, 0.3) is 0 Å². The summed E-state index contributed by atoms with van der Waals surface area (Å²) in [5.74, 6) is 0.785. The summed E-state index contributed by atoms with van der Waals surface area (Å²) in [4.78, 5) is 17.4. The number of piperidine rings is 1. The first-order valence-corrected chi connectivity index (χ1v) is 9.23. The molecule has 3 fully saturated rings. The first kappa shape index (κ1) is 16.3. The molecular formula is C20H26N4O. The second kappa shape index (κ2) is 7.00. The van der Waals surface area contributed by atoms with Gasteiger partial charge in [0.15, 0.2) is 0 Å². The van der Waals surface area contributed by atoms with Crippen LogP contribution in [0.4, 0.5) is 0 Å². The fourth-order valence-electron chi connectivity index (χ4n) is 4.18. The third kappa shape index (κ3) is 3.76. The largest absolute Gasteiger partial charge is 0.339 e. The molecule has 1 aromatic heterocycles. The topological polar surface area (TPSA) is 41.4 Å². The number of carbonyl (C=O) groups excluding carboxylic acids is 1. The number of aryl methyl sites for hydroxylation is 1. The van der Waals surface area contributed by atoms with Crippen LogP contribution >= 0.6 is 0 Å². The minimum absolute atomic E-state index is 0.196. The molecule has 5 rings (SSSR count). The van der Waals surface area contributed by atoms with Gasteiger partial charge in [0.05, 0.1) is 5.69 Å². The normalized spacial score (nSPS) is 23.6. The Morgan fingerprint density at radius 1 is 1.12 bits per heavy atom. The Labute approximate surface area is 149 Å². The molecular weight excluding hydrogens is 312 g/mol. The van der Waals surface area contributed by atoms with Gasteiger partial charge in [0, 0.05) is 38.4 Å². The van der Waals surface area contributed by atoms with Crippen LogP contribution in [0, 0.1) is 12.8 Å². The van der Waals surface area contributed by atoms with Crippen LogP contribution in [-0.2, 0) is 17.9 Å². The lowest BCUT2D eigenvalue weighted by Crippen LogP contribution is -2.44. The van der Waals surface area contributed by atoms with E-state index in [1.165, 1.54) is 18.4 Å². The third-order valence-corrected chi connectivity index (χ3v) is 5.48. The lowest BCUT2D eigenvalue weighted by molar-refractivity contribution is -0.132. The van der Waals surface area contributed by atoms with Crippen molar-refractivity contribution in [1.29, 1.82) is 0 Å². The molecule has 0 unspecified atom stereocenters. The number of nitrogens with zero attached hydrogens (tertiary/aromatic N) is 4. The highest BCUT2D eigenvalue weighted by atomic mass is 16.2. The molecule has 5 heteroatoms. The van der Waals surface area contributed by atoms with Crippen molar-refractivity contribution in [2.45, 2.75) is 38.9 Å². The number of carbonyl (C=O) groups is 1. The van der Waals surface area contributed by atoms with Gasteiger partial charge in [-0.2, -0.15) is 5.10 Å². The molecule has 0 N–H and O–H groups in total. The van der Waals surface area contributed by atoms with Crippen molar-refractivity contribution in [1.82, 2.24) is 19.6 Å². The minimum atomic E-state index is 0.196. The Balaban J connectivity index is 1.42. The van der Waals surface area contributed by atoms with Crippen molar-refractivity contribution in [3.05, 3.63) is 53.9 Å². The summed E-state index contributed by atoms with van der Waals surface area (Å²) in [6.45, 7) is 6.14. The van der Waals surface area contributed by atoms with Gasteiger partial charge in [-0.15, -0.1) is 0 Å². The quantitative estimate of drug-likeness (QED) is 0.859. The Bertz CT molecular complexity index is 726. The summed E-state index contributed by atoms with van der Waals surface area (Å²) in [6.07, 6.45) is 4.32. The van der Waals surface area contributed by atoms with Gasteiger partial charge in [-0.25, -0.2) is 0 Å². The van der Waals surface area contributed by atoms with Crippen molar-refractivity contribution in [3.63, 3.8) is 0 Å². The molecule has 1 aromatic carbocycles. The number of hydrogen-bond acceptors (Lipinski definition) is 3. The molecule has 3 aliphatic heterocycles. The van der Waals surface area contributed by atoms with E-state index in [1.54, 1.807) is 4.68 Å². The zero-order valence-electron chi connectivity index (χ0n) is 14.8. The molecule has 0 aliphatic carbocycles. The number of benzene rings is 1. The second-order valence-corrected chi connectivity index (χ2v) is 7.47. The zero-order chi connectivity index (χ0) is 17.2. The van der Waals surface area contributed by atoms with E-state index < -0.39 is 0 Å². The average Bonchev–Trinajstić information content (AvgIpc) is 2.83. The van der Waals surface area contributed by atoms with Crippen molar-refractivity contribution in [2.75, 3.05) is 19.6 Å². The predicted molar refractivity (Wildman–Crippen MR) is 96.9 cm³/mol. The predicted octanol–water partition coefficient (Wildman–Crippen LogP) is 2.31. The van der Waals surface area contributed by atoms with Crippen molar-refractivity contribution in [3.8, 4) is 0 Å². The molecule has 3 aliphatic rings. The number of amides is 1. The first-order chi connectivity index (χ1) is 12.2. The number of aromatic nitrogens is 2. The maximum Gasteiger partial charge on any atom is 0.244 e. The van der Waals surface area contributed by atoms with Crippen LogP contribution < -0.4 is 0 Å². The highest BCUT2D eigenvalue weighted by Gasteiger charge is 2.36. The fraction of sp³-hybridized carbons (Fsp3) is 0.500. The molecule has 1 amide bonds. The first-order valence-electron chi connectivity index (χ1n) is 9.23. The molecule has 0 radical (unpaired) electrons. The van der Waals surface area contributed by atoms with Gasteiger partial charge < -0.3 is 4.90 Å². The van der Waals surface area contributed by atoms with E-state index in [2.05, 4.69) is 45.2 Å². The van der Waals surface area contributed by atoms with Gasteiger partial charge in [0.1, 0.15) is 6.54 Å². The summed E-state index contributed by atoms with van der Waals surface area (Å²) >= 11 is 0. The van der Waals surface area contributed by atoms with Gasteiger partial charge in [0.25, 0.3) is 0 Å². The summed E-state index contributed by atoms with van der Waals surface area (Å²) in [5, 5.41) is 4.35. The molecule has 2 bridgehead atoms. The molecule has 2 aromatic rings. The fourth-order valence-corrected chi connectivity index (χ4v) is 4.18. The van der Waals surface area contributed by atoms with Crippen molar-refractivity contribution in [2.24, 2.45) is 5.92 Å². The van der Waals surface area contributed by atoms with Crippen LogP contribution in [0.15, 0.2) is 42.6 Å². The van der Waals surface area contributed by atoms with E-state index in [0.29, 0.717) is 18.5 Å². The Morgan fingerprint density at radius 3 is 2.72 bits per heavy atom. The molecule has 2 atom stereocenters. The van der Waals surface area contributed by atoms with E-state index in [4.69, 9.17) is 0 Å². The monoisotopic (exact) mass is 338 g/mol. The highest BCUT2D eigenvalue weighted by Crippen LogP contribution is 2.29. The van der Waals surface area contributed by atoms with Crippen molar-refractivity contribution >= 4 is 5.91 Å². The second-order valence-electron chi connectivity index (χ2n) is 7.47. The lowest BCUT2D eigenvalue weighted by atomic mass is 9.94. The number of rotatable bonds is 4. The van der Waals surface area contributed by atoms with Crippen LogP contribution in [0.2, 0.25) is 0 Å². The molecule has 0 saturated carbocycles.